The van der Waals surface area contributed by atoms with Crippen molar-refractivity contribution in [2.45, 2.75) is 25.7 Å². The fraction of sp³-hybridized carbons (Fsp3) is 0.261. The number of benzene rings is 2. The van der Waals surface area contributed by atoms with E-state index in [1.54, 1.807) is 28.6 Å². The normalized spacial score (nSPS) is 14.7. The number of rotatable bonds is 3. The average Bonchev–Trinajstić information content (AvgIpc) is 2.75. The number of phenols is 1. The molecule has 2 heterocycles. The van der Waals surface area contributed by atoms with E-state index < -0.39 is 0 Å². The van der Waals surface area contributed by atoms with Crippen LogP contribution in [0.3, 0.4) is 0 Å². The molecule has 29 heavy (non-hydrogen) atoms. The number of likely N-dealkylation sites (tertiary alicyclic amines) is 1. The standard InChI is InChI=1S/C23H23N3O3/c1-16-15-21(28)22(24-26(16)19-5-3-2-4-6-19)23(29)25-13-11-18(12-14-25)17-7-9-20(27)10-8-17/h2-10,15,18,27H,11-14H2,1H3. The lowest BCUT2D eigenvalue weighted by Crippen LogP contribution is -2.41. The molecule has 1 saturated heterocycles. The van der Waals surface area contributed by atoms with E-state index in [9.17, 15) is 14.7 Å². The Morgan fingerprint density at radius 3 is 2.34 bits per heavy atom. The number of para-hydroxylation sites is 1. The second-order valence-electron chi connectivity index (χ2n) is 7.40. The predicted octanol–water partition coefficient (Wildman–Crippen LogP) is 3.27. The molecule has 1 fully saturated rings. The van der Waals surface area contributed by atoms with Crippen molar-refractivity contribution in [2.75, 3.05) is 13.1 Å². The number of piperidine rings is 1. The lowest BCUT2D eigenvalue weighted by molar-refractivity contribution is 0.0703. The predicted molar refractivity (Wildman–Crippen MR) is 111 cm³/mol. The Labute approximate surface area is 169 Å². The maximum Gasteiger partial charge on any atom is 0.278 e. The number of hydrogen-bond donors (Lipinski definition) is 1. The Morgan fingerprint density at radius 1 is 1.03 bits per heavy atom. The molecule has 0 saturated carbocycles. The minimum atomic E-state index is -0.347. The molecule has 0 unspecified atom stereocenters. The molecule has 0 radical (unpaired) electrons. The molecule has 0 aliphatic carbocycles. The summed E-state index contributed by atoms with van der Waals surface area (Å²) in [7, 11) is 0. The maximum absolute atomic E-state index is 13.0. The Bertz CT molecular complexity index is 1070. The maximum atomic E-state index is 13.0. The molecule has 3 aromatic rings. The Hall–Kier alpha value is -3.41. The Morgan fingerprint density at radius 2 is 1.69 bits per heavy atom. The van der Waals surface area contributed by atoms with Gasteiger partial charge in [0.15, 0.2) is 5.69 Å². The monoisotopic (exact) mass is 389 g/mol. The summed E-state index contributed by atoms with van der Waals surface area (Å²) in [4.78, 5) is 27.2. The molecular weight excluding hydrogens is 366 g/mol. The SMILES string of the molecule is Cc1cc(=O)c(C(=O)N2CCC(c3ccc(O)cc3)CC2)nn1-c1ccccc1. The number of carbonyl (C=O) groups excluding carboxylic acids is 1. The van der Waals surface area contributed by atoms with E-state index in [1.807, 2.05) is 42.5 Å². The van der Waals surface area contributed by atoms with Crippen LogP contribution in [-0.4, -0.2) is 38.8 Å². The van der Waals surface area contributed by atoms with Crippen molar-refractivity contribution in [1.29, 1.82) is 0 Å². The van der Waals surface area contributed by atoms with Gasteiger partial charge in [0, 0.05) is 24.8 Å². The van der Waals surface area contributed by atoms with Crippen LogP contribution in [-0.2, 0) is 0 Å². The summed E-state index contributed by atoms with van der Waals surface area (Å²) in [6, 6.07) is 18.2. The zero-order valence-electron chi connectivity index (χ0n) is 16.3. The van der Waals surface area contributed by atoms with Crippen LogP contribution in [0.2, 0.25) is 0 Å². The first-order chi connectivity index (χ1) is 14.0. The Kier molecular flexibility index (Phi) is 5.16. The van der Waals surface area contributed by atoms with Gasteiger partial charge in [-0.25, -0.2) is 4.68 Å². The van der Waals surface area contributed by atoms with Crippen LogP contribution in [0.15, 0.2) is 65.5 Å². The van der Waals surface area contributed by atoms with E-state index in [1.165, 1.54) is 6.07 Å². The van der Waals surface area contributed by atoms with Crippen molar-refractivity contribution < 1.29 is 9.90 Å². The molecule has 0 bridgehead atoms. The highest BCUT2D eigenvalue weighted by molar-refractivity contribution is 5.92. The lowest BCUT2D eigenvalue weighted by Gasteiger charge is -2.32. The van der Waals surface area contributed by atoms with E-state index >= 15 is 0 Å². The molecule has 1 amide bonds. The van der Waals surface area contributed by atoms with E-state index in [0.717, 1.165) is 24.1 Å². The van der Waals surface area contributed by atoms with E-state index in [2.05, 4.69) is 5.10 Å². The summed E-state index contributed by atoms with van der Waals surface area (Å²) in [6.07, 6.45) is 1.63. The lowest BCUT2D eigenvalue weighted by atomic mass is 9.89. The third-order valence-corrected chi connectivity index (χ3v) is 5.46. The van der Waals surface area contributed by atoms with Crippen molar-refractivity contribution in [3.05, 3.63) is 87.8 Å². The van der Waals surface area contributed by atoms with Gasteiger partial charge in [-0.05, 0) is 55.5 Å². The van der Waals surface area contributed by atoms with Gasteiger partial charge in [-0.3, -0.25) is 9.59 Å². The summed E-state index contributed by atoms with van der Waals surface area (Å²) in [5.41, 5.74) is 2.27. The van der Waals surface area contributed by atoms with Crippen molar-refractivity contribution >= 4 is 5.91 Å². The van der Waals surface area contributed by atoms with E-state index in [-0.39, 0.29) is 22.8 Å². The number of nitrogens with zero attached hydrogens (tertiary/aromatic N) is 3. The van der Waals surface area contributed by atoms with Gasteiger partial charge in [-0.1, -0.05) is 30.3 Å². The zero-order chi connectivity index (χ0) is 20.4. The van der Waals surface area contributed by atoms with E-state index in [4.69, 9.17) is 0 Å². The molecule has 1 N–H and O–H groups in total. The van der Waals surface area contributed by atoms with Gasteiger partial charge in [-0.15, -0.1) is 0 Å². The molecule has 1 aliphatic heterocycles. The second kappa shape index (κ2) is 7.91. The van der Waals surface area contributed by atoms with Crippen LogP contribution in [0.25, 0.3) is 5.69 Å². The number of aryl methyl sites for hydroxylation is 1. The van der Waals surface area contributed by atoms with Gasteiger partial charge < -0.3 is 10.0 Å². The topological polar surface area (TPSA) is 75.4 Å². The number of aromatic hydroxyl groups is 1. The van der Waals surface area contributed by atoms with Gasteiger partial charge in [0.05, 0.1) is 5.69 Å². The van der Waals surface area contributed by atoms with Crippen molar-refractivity contribution in [3.63, 3.8) is 0 Å². The average molecular weight is 389 g/mol. The molecule has 0 spiro atoms. The van der Waals surface area contributed by atoms with Crippen molar-refractivity contribution in [1.82, 2.24) is 14.7 Å². The smallest absolute Gasteiger partial charge is 0.278 e. The van der Waals surface area contributed by atoms with Crippen LogP contribution in [0, 0.1) is 6.92 Å². The summed E-state index contributed by atoms with van der Waals surface area (Å²) >= 11 is 0. The molecular formula is C23H23N3O3. The number of amides is 1. The molecule has 1 aliphatic rings. The number of phenolic OH excluding ortho intramolecular Hbond substituents is 1. The quantitative estimate of drug-likeness (QED) is 0.746. The minimum absolute atomic E-state index is 0.0393. The van der Waals surface area contributed by atoms with Crippen molar-refractivity contribution in [3.8, 4) is 11.4 Å². The molecule has 4 rings (SSSR count). The first kappa shape index (κ1) is 18.9. The molecule has 6 heteroatoms. The van der Waals surface area contributed by atoms with Gasteiger partial charge in [0.1, 0.15) is 5.75 Å². The highest BCUT2D eigenvalue weighted by Gasteiger charge is 2.27. The first-order valence-corrected chi connectivity index (χ1v) is 9.77. The van der Waals surface area contributed by atoms with Gasteiger partial charge >= 0.3 is 0 Å². The van der Waals surface area contributed by atoms with Crippen LogP contribution in [0.4, 0.5) is 0 Å². The van der Waals surface area contributed by atoms with Crippen LogP contribution >= 0.6 is 0 Å². The van der Waals surface area contributed by atoms with Crippen LogP contribution in [0.1, 0.15) is 40.5 Å². The molecule has 0 atom stereocenters. The zero-order valence-corrected chi connectivity index (χ0v) is 16.3. The second-order valence-corrected chi connectivity index (χ2v) is 7.40. The molecule has 6 nitrogen and oxygen atoms in total. The number of carbonyl (C=O) groups is 1. The Balaban J connectivity index is 1.53. The minimum Gasteiger partial charge on any atom is -0.508 e. The first-order valence-electron chi connectivity index (χ1n) is 9.77. The molecule has 148 valence electrons. The number of hydrogen-bond acceptors (Lipinski definition) is 4. The fourth-order valence-corrected chi connectivity index (χ4v) is 3.84. The van der Waals surface area contributed by atoms with Gasteiger partial charge in [0.2, 0.25) is 5.43 Å². The summed E-state index contributed by atoms with van der Waals surface area (Å²) in [6.45, 7) is 2.95. The fourth-order valence-electron chi connectivity index (χ4n) is 3.84. The van der Waals surface area contributed by atoms with E-state index in [0.29, 0.717) is 24.7 Å². The highest BCUT2D eigenvalue weighted by atomic mass is 16.3. The van der Waals surface area contributed by atoms with Gasteiger partial charge in [0.25, 0.3) is 5.91 Å². The van der Waals surface area contributed by atoms with Gasteiger partial charge in [-0.2, -0.15) is 5.10 Å². The summed E-state index contributed by atoms with van der Waals surface area (Å²) in [5.74, 6) is 0.275. The molecule has 2 aromatic carbocycles. The number of aromatic nitrogens is 2. The summed E-state index contributed by atoms with van der Waals surface area (Å²) in [5, 5.41) is 13.8. The largest absolute Gasteiger partial charge is 0.508 e. The summed E-state index contributed by atoms with van der Waals surface area (Å²) < 4.78 is 1.64. The van der Waals surface area contributed by atoms with Crippen molar-refractivity contribution in [2.24, 2.45) is 0 Å². The third-order valence-electron chi connectivity index (χ3n) is 5.46. The molecule has 1 aromatic heterocycles. The van der Waals surface area contributed by atoms with Crippen LogP contribution in [0.5, 0.6) is 5.75 Å². The highest BCUT2D eigenvalue weighted by Crippen LogP contribution is 2.29. The third kappa shape index (κ3) is 3.92. The van der Waals surface area contributed by atoms with Crippen LogP contribution < -0.4 is 5.43 Å².